The van der Waals surface area contributed by atoms with Crippen molar-refractivity contribution in [2.24, 2.45) is 0 Å². The first-order valence-electron chi connectivity index (χ1n) is 7.31. The lowest BCUT2D eigenvalue weighted by atomic mass is 10.00. The van der Waals surface area contributed by atoms with Gasteiger partial charge >= 0.3 is 5.97 Å². The molecule has 0 spiro atoms. The van der Waals surface area contributed by atoms with Gasteiger partial charge in [0.2, 0.25) is 0 Å². The highest BCUT2D eigenvalue weighted by Crippen LogP contribution is 2.25. The molecule has 0 bridgehead atoms. The van der Waals surface area contributed by atoms with E-state index in [2.05, 4.69) is 4.98 Å². The van der Waals surface area contributed by atoms with E-state index in [9.17, 15) is 9.59 Å². The second kappa shape index (κ2) is 6.64. The van der Waals surface area contributed by atoms with E-state index < -0.39 is 5.97 Å². The number of benzene rings is 1. The third-order valence-electron chi connectivity index (χ3n) is 3.77. The Morgan fingerprint density at radius 1 is 1.08 bits per heavy atom. The Bertz CT molecular complexity index is 914. The van der Waals surface area contributed by atoms with Gasteiger partial charge in [-0.2, -0.15) is 0 Å². The van der Waals surface area contributed by atoms with Gasteiger partial charge in [0.25, 0.3) is 0 Å². The number of ketones is 1. The first-order chi connectivity index (χ1) is 11.7. The van der Waals surface area contributed by atoms with Crippen molar-refractivity contribution in [2.75, 3.05) is 14.2 Å². The lowest BCUT2D eigenvalue weighted by Crippen LogP contribution is -2.11. The van der Waals surface area contributed by atoms with Crippen LogP contribution in [0.25, 0.3) is 10.9 Å². The molecular formula is C18H16N2O4. The van der Waals surface area contributed by atoms with Crippen LogP contribution in [0.4, 0.5) is 0 Å². The molecule has 0 aliphatic rings. The van der Waals surface area contributed by atoms with Crippen LogP contribution in [0.15, 0.2) is 48.9 Å². The van der Waals surface area contributed by atoms with E-state index in [0.717, 1.165) is 10.9 Å². The van der Waals surface area contributed by atoms with E-state index in [1.54, 1.807) is 13.3 Å². The maximum absolute atomic E-state index is 13.0. The van der Waals surface area contributed by atoms with Crippen LogP contribution < -0.4 is 0 Å². The molecule has 0 radical (unpaired) electrons. The molecule has 0 fully saturated rings. The largest absolute Gasteiger partial charge is 0.465 e. The highest BCUT2D eigenvalue weighted by atomic mass is 16.5. The summed E-state index contributed by atoms with van der Waals surface area (Å²) >= 11 is 0. The summed E-state index contributed by atoms with van der Waals surface area (Å²) in [5, 5.41) is 0.791. The summed E-state index contributed by atoms with van der Waals surface area (Å²) in [5.41, 5.74) is 1.78. The Morgan fingerprint density at radius 2 is 1.88 bits per heavy atom. The zero-order valence-corrected chi connectivity index (χ0v) is 13.4. The Hall–Kier alpha value is -2.99. The van der Waals surface area contributed by atoms with E-state index in [1.807, 2.05) is 28.8 Å². The summed E-state index contributed by atoms with van der Waals surface area (Å²) in [7, 11) is 2.87. The minimum Gasteiger partial charge on any atom is -0.465 e. The highest BCUT2D eigenvalue weighted by molar-refractivity contribution is 6.19. The monoisotopic (exact) mass is 324 g/mol. The van der Waals surface area contributed by atoms with Crippen LogP contribution in [-0.2, 0) is 16.2 Å². The van der Waals surface area contributed by atoms with E-state index >= 15 is 0 Å². The van der Waals surface area contributed by atoms with Crippen molar-refractivity contribution in [3.8, 4) is 0 Å². The number of pyridine rings is 1. The first kappa shape index (κ1) is 15.9. The molecule has 6 heteroatoms. The molecule has 0 aliphatic carbocycles. The van der Waals surface area contributed by atoms with Crippen molar-refractivity contribution < 1.29 is 19.1 Å². The molecule has 1 aromatic carbocycles. The van der Waals surface area contributed by atoms with Gasteiger partial charge in [-0.15, -0.1) is 0 Å². The fourth-order valence-electron chi connectivity index (χ4n) is 2.68. The number of carbonyl (C=O) groups is 2. The van der Waals surface area contributed by atoms with Crippen LogP contribution in [0, 0.1) is 0 Å². The number of nitrogens with zero attached hydrogens (tertiary/aromatic N) is 2. The summed E-state index contributed by atoms with van der Waals surface area (Å²) in [6.07, 6.45) is 4.57. The van der Waals surface area contributed by atoms with Gasteiger partial charge in [0.05, 0.1) is 23.8 Å². The van der Waals surface area contributed by atoms with E-state index in [1.165, 1.54) is 25.6 Å². The Labute approximate surface area is 138 Å². The molecule has 0 saturated carbocycles. The van der Waals surface area contributed by atoms with Crippen LogP contribution in [0.5, 0.6) is 0 Å². The molecule has 6 nitrogen and oxygen atoms in total. The molecule has 0 aliphatic heterocycles. The molecule has 0 N–H and O–H groups in total. The summed E-state index contributed by atoms with van der Waals surface area (Å²) < 4.78 is 11.8. The number of aromatic nitrogens is 2. The summed E-state index contributed by atoms with van der Waals surface area (Å²) in [6, 6.07) is 9.01. The van der Waals surface area contributed by atoms with Crippen LogP contribution in [0.2, 0.25) is 0 Å². The molecule has 3 aromatic rings. The van der Waals surface area contributed by atoms with Gasteiger partial charge in [-0.3, -0.25) is 9.78 Å². The number of fused-ring (bicyclic) bond motifs is 1. The second-order valence-electron chi connectivity index (χ2n) is 5.19. The topological polar surface area (TPSA) is 70.4 Å². The molecule has 3 rings (SSSR count). The number of ether oxygens (including phenoxy) is 2. The fraction of sp³-hybridized carbons (Fsp3) is 0.167. The smallest absolute Gasteiger partial charge is 0.338 e. The average molecular weight is 324 g/mol. The quantitative estimate of drug-likeness (QED) is 0.533. The third kappa shape index (κ3) is 2.68. The van der Waals surface area contributed by atoms with Crippen molar-refractivity contribution in [2.45, 2.75) is 6.73 Å². The predicted octanol–water partition coefficient (Wildman–Crippen LogP) is 2.66. The number of methoxy groups -OCH3 is 2. The molecule has 122 valence electrons. The molecule has 0 saturated heterocycles. The minimum atomic E-state index is -0.568. The van der Waals surface area contributed by atoms with Gasteiger partial charge in [-0.05, 0) is 12.1 Å². The predicted molar refractivity (Wildman–Crippen MR) is 88.0 cm³/mol. The number of hydrogen-bond donors (Lipinski definition) is 0. The lowest BCUT2D eigenvalue weighted by molar-refractivity contribution is 0.0597. The van der Waals surface area contributed by atoms with E-state index in [0.29, 0.717) is 12.3 Å². The van der Waals surface area contributed by atoms with Crippen molar-refractivity contribution >= 4 is 22.7 Å². The number of hydrogen-bond acceptors (Lipinski definition) is 5. The number of esters is 1. The Kier molecular flexibility index (Phi) is 4.39. The standard InChI is InChI=1S/C18H16N2O4/c1-23-11-20-10-15(12-5-3-4-6-16(12)20)17(21)14-9-19-8-7-13(14)18(22)24-2/h3-10H,11H2,1-2H3. The third-order valence-corrected chi connectivity index (χ3v) is 3.77. The zero-order valence-electron chi connectivity index (χ0n) is 13.4. The fourth-order valence-corrected chi connectivity index (χ4v) is 2.68. The highest BCUT2D eigenvalue weighted by Gasteiger charge is 2.22. The van der Waals surface area contributed by atoms with Crippen LogP contribution in [0.1, 0.15) is 26.3 Å². The Balaban J connectivity index is 2.15. The van der Waals surface area contributed by atoms with Crippen LogP contribution >= 0.6 is 0 Å². The molecular weight excluding hydrogens is 308 g/mol. The first-order valence-corrected chi connectivity index (χ1v) is 7.31. The summed E-state index contributed by atoms with van der Waals surface area (Å²) in [4.78, 5) is 28.9. The van der Waals surface area contributed by atoms with E-state index in [-0.39, 0.29) is 16.9 Å². The minimum absolute atomic E-state index is 0.195. The van der Waals surface area contributed by atoms with Crippen molar-refractivity contribution in [3.05, 3.63) is 65.6 Å². The van der Waals surface area contributed by atoms with Gasteiger partial charge in [-0.25, -0.2) is 4.79 Å². The number of carbonyl (C=O) groups excluding carboxylic acids is 2. The second-order valence-corrected chi connectivity index (χ2v) is 5.19. The molecule has 0 atom stereocenters. The molecule has 0 amide bonds. The van der Waals surface area contributed by atoms with Crippen molar-refractivity contribution in [1.82, 2.24) is 9.55 Å². The average Bonchev–Trinajstić information content (AvgIpc) is 2.99. The van der Waals surface area contributed by atoms with Crippen molar-refractivity contribution in [3.63, 3.8) is 0 Å². The van der Waals surface area contributed by atoms with Gasteiger partial charge in [-0.1, -0.05) is 18.2 Å². The maximum Gasteiger partial charge on any atom is 0.338 e. The SMILES string of the molecule is COCn1cc(C(=O)c2cnccc2C(=O)OC)c2ccccc21. The van der Waals surface area contributed by atoms with Gasteiger partial charge in [0.15, 0.2) is 5.78 Å². The van der Waals surface area contributed by atoms with Crippen LogP contribution in [-0.4, -0.2) is 35.5 Å². The Morgan fingerprint density at radius 3 is 2.62 bits per heavy atom. The van der Waals surface area contributed by atoms with E-state index in [4.69, 9.17) is 9.47 Å². The normalized spacial score (nSPS) is 10.8. The lowest BCUT2D eigenvalue weighted by Gasteiger charge is -2.05. The molecule has 0 unspecified atom stereocenters. The van der Waals surface area contributed by atoms with Gasteiger partial charge in [0, 0.05) is 36.7 Å². The number of rotatable bonds is 5. The molecule has 2 aromatic heterocycles. The van der Waals surface area contributed by atoms with Gasteiger partial charge < -0.3 is 14.0 Å². The van der Waals surface area contributed by atoms with Gasteiger partial charge in [0.1, 0.15) is 6.73 Å². The number of para-hydroxylation sites is 1. The molecule has 2 heterocycles. The summed E-state index contributed by atoms with van der Waals surface area (Å²) in [6.45, 7) is 0.324. The molecule has 24 heavy (non-hydrogen) atoms. The van der Waals surface area contributed by atoms with Crippen molar-refractivity contribution in [1.29, 1.82) is 0 Å². The maximum atomic E-state index is 13.0. The van der Waals surface area contributed by atoms with Crippen LogP contribution in [0.3, 0.4) is 0 Å². The summed E-state index contributed by atoms with van der Waals surface area (Å²) in [5.74, 6) is -0.851. The zero-order chi connectivity index (χ0) is 17.1.